The van der Waals surface area contributed by atoms with Gasteiger partial charge in [0.25, 0.3) is 5.89 Å². The minimum atomic E-state index is 0.212. The third-order valence-corrected chi connectivity index (χ3v) is 5.10. The predicted molar refractivity (Wildman–Crippen MR) is 102 cm³/mol. The molecule has 6 heteroatoms. The van der Waals surface area contributed by atoms with Gasteiger partial charge in [0.2, 0.25) is 5.91 Å². The van der Waals surface area contributed by atoms with Gasteiger partial charge in [-0.1, -0.05) is 24.1 Å². The molecule has 1 aromatic heterocycles. The van der Waals surface area contributed by atoms with E-state index in [4.69, 9.17) is 9.26 Å². The number of ether oxygens (including phenoxy) is 1. The lowest BCUT2D eigenvalue weighted by atomic mass is 10.0. The molecule has 2 aromatic rings. The highest BCUT2D eigenvalue weighted by Gasteiger charge is 2.20. The van der Waals surface area contributed by atoms with E-state index in [1.54, 1.807) is 4.90 Å². The van der Waals surface area contributed by atoms with Crippen LogP contribution in [0.5, 0.6) is 5.75 Å². The van der Waals surface area contributed by atoms with Crippen LogP contribution in [0.2, 0.25) is 0 Å². The minimum absolute atomic E-state index is 0.212. The molecule has 1 fully saturated rings. The second-order valence-corrected chi connectivity index (χ2v) is 7.64. The van der Waals surface area contributed by atoms with Crippen molar-refractivity contribution in [3.05, 3.63) is 41.0 Å². The SMILES string of the molecule is Cc1cc(C)cc(OCc2nc(CCN(C)C(=O)CC3CCCC3)no2)c1. The third-order valence-electron chi connectivity index (χ3n) is 5.10. The van der Waals surface area contributed by atoms with Crippen LogP contribution in [0.15, 0.2) is 22.7 Å². The van der Waals surface area contributed by atoms with Crippen LogP contribution < -0.4 is 4.74 Å². The van der Waals surface area contributed by atoms with Crippen molar-refractivity contribution in [3.63, 3.8) is 0 Å². The number of hydrogen-bond donors (Lipinski definition) is 0. The topological polar surface area (TPSA) is 68.5 Å². The zero-order valence-corrected chi connectivity index (χ0v) is 16.5. The van der Waals surface area contributed by atoms with Crippen LogP contribution in [0.4, 0.5) is 0 Å². The largest absolute Gasteiger partial charge is 0.484 e. The summed E-state index contributed by atoms with van der Waals surface area (Å²) in [6, 6.07) is 6.06. The van der Waals surface area contributed by atoms with Gasteiger partial charge in [0.15, 0.2) is 12.4 Å². The molecule has 146 valence electrons. The number of rotatable bonds is 8. The Hall–Kier alpha value is -2.37. The van der Waals surface area contributed by atoms with Crippen LogP contribution in [0.3, 0.4) is 0 Å². The van der Waals surface area contributed by atoms with Gasteiger partial charge in [-0.2, -0.15) is 4.98 Å². The molecule has 1 aliphatic carbocycles. The normalized spacial score (nSPS) is 14.5. The molecule has 1 heterocycles. The Balaban J connectivity index is 1.44. The smallest absolute Gasteiger partial charge is 0.264 e. The standard InChI is InChI=1S/C21H29N3O3/c1-15-10-16(2)12-18(11-15)26-14-20-22-19(23-27-20)8-9-24(3)21(25)13-17-6-4-5-7-17/h10-12,17H,4-9,13-14H2,1-3H3. The van der Waals surface area contributed by atoms with Crippen molar-refractivity contribution in [1.29, 1.82) is 0 Å². The van der Waals surface area contributed by atoms with Crippen LogP contribution >= 0.6 is 0 Å². The summed E-state index contributed by atoms with van der Waals surface area (Å²) in [4.78, 5) is 18.4. The molecule has 0 radical (unpaired) electrons. The summed E-state index contributed by atoms with van der Waals surface area (Å²) in [5, 5.41) is 3.99. The monoisotopic (exact) mass is 371 g/mol. The van der Waals surface area contributed by atoms with Crippen LogP contribution in [-0.4, -0.2) is 34.5 Å². The van der Waals surface area contributed by atoms with E-state index in [9.17, 15) is 4.79 Å². The first-order chi connectivity index (χ1) is 13.0. The van der Waals surface area contributed by atoms with Gasteiger partial charge in [-0.15, -0.1) is 0 Å². The van der Waals surface area contributed by atoms with E-state index in [0.717, 1.165) is 16.9 Å². The maximum absolute atomic E-state index is 12.3. The lowest BCUT2D eigenvalue weighted by molar-refractivity contribution is -0.130. The van der Waals surface area contributed by atoms with Crippen molar-refractivity contribution in [2.45, 2.75) is 59.0 Å². The molecule has 27 heavy (non-hydrogen) atoms. The third kappa shape index (κ3) is 5.81. The van der Waals surface area contributed by atoms with Crippen molar-refractivity contribution in [3.8, 4) is 5.75 Å². The van der Waals surface area contributed by atoms with Crippen LogP contribution in [-0.2, 0) is 17.8 Å². The zero-order chi connectivity index (χ0) is 19.2. The molecule has 0 saturated heterocycles. The van der Waals surface area contributed by atoms with Gasteiger partial charge >= 0.3 is 0 Å². The quantitative estimate of drug-likeness (QED) is 0.705. The second-order valence-electron chi connectivity index (χ2n) is 7.64. The molecule has 0 atom stereocenters. The molecule has 1 saturated carbocycles. The fourth-order valence-electron chi connectivity index (χ4n) is 3.62. The molecular formula is C21H29N3O3. The molecule has 1 aromatic carbocycles. The van der Waals surface area contributed by atoms with Gasteiger partial charge in [-0.05, 0) is 55.9 Å². The van der Waals surface area contributed by atoms with Crippen LogP contribution in [0.25, 0.3) is 0 Å². The number of likely N-dealkylation sites (N-methyl/N-ethyl adjacent to an activating group) is 1. The second kappa shape index (κ2) is 9.02. The van der Waals surface area contributed by atoms with Crippen LogP contribution in [0, 0.1) is 19.8 Å². The highest BCUT2D eigenvalue weighted by Crippen LogP contribution is 2.27. The number of carbonyl (C=O) groups excluding carboxylic acids is 1. The first-order valence-electron chi connectivity index (χ1n) is 9.76. The fraction of sp³-hybridized carbons (Fsp3) is 0.571. The van der Waals surface area contributed by atoms with E-state index in [1.807, 2.05) is 33.0 Å². The van der Waals surface area contributed by atoms with Crippen molar-refractivity contribution in [2.75, 3.05) is 13.6 Å². The maximum Gasteiger partial charge on any atom is 0.264 e. The predicted octanol–water partition coefficient (Wildman–Crippen LogP) is 3.85. The fourth-order valence-corrected chi connectivity index (χ4v) is 3.62. The molecule has 6 nitrogen and oxygen atoms in total. The summed E-state index contributed by atoms with van der Waals surface area (Å²) < 4.78 is 11.0. The van der Waals surface area contributed by atoms with E-state index < -0.39 is 0 Å². The Morgan fingerprint density at radius 2 is 1.93 bits per heavy atom. The zero-order valence-electron chi connectivity index (χ0n) is 16.5. The Kier molecular flexibility index (Phi) is 6.48. The molecule has 0 spiro atoms. The molecule has 0 unspecified atom stereocenters. The molecule has 1 aliphatic rings. The number of hydrogen-bond acceptors (Lipinski definition) is 5. The Bertz CT molecular complexity index is 746. The summed E-state index contributed by atoms with van der Waals surface area (Å²) in [5.74, 6) is 2.63. The van der Waals surface area contributed by atoms with Gasteiger partial charge in [-0.3, -0.25) is 4.79 Å². The summed E-state index contributed by atoms with van der Waals surface area (Å²) >= 11 is 0. The summed E-state index contributed by atoms with van der Waals surface area (Å²) in [6.45, 7) is 4.92. The molecule has 0 N–H and O–H groups in total. The minimum Gasteiger partial charge on any atom is -0.484 e. The average molecular weight is 371 g/mol. The lowest BCUT2D eigenvalue weighted by Crippen LogP contribution is -2.30. The molecule has 0 aliphatic heterocycles. The van der Waals surface area contributed by atoms with E-state index in [0.29, 0.717) is 37.0 Å². The van der Waals surface area contributed by atoms with Crippen LogP contribution in [0.1, 0.15) is 54.9 Å². The number of aromatic nitrogens is 2. The molecule has 1 amide bonds. The van der Waals surface area contributed by atoms with E-state index in [-0.39, 0.29) is 12.5 Å². The van der Waals surface area contributed by atoms with Crippen molar-refractivity contribution < 1.29 is 14.1 Å². The van der Waals surface area contributed by atoms with Gasteiger partial charge in [0, 0.05) is 26.4 Å². The lowest BCUT2D eigenvalue weighted by Gasteiger charge is -2.18. The van der Waals surface area contributed by atoms with E-state index in [1.165, 1.54) is 25.7 Å². The van der Waals surface area contributed by atoms with Gasteiger partial charge in [0.05, 0.1) is 0 Å². The Morgan fingerprint density at radius 3 is 2.63 bits per heavy atom. The highest BCUT2D eigenvalue weighted by molar-refractivity contribution is 5.76. The summed E-state index contributed by atoms with van der Waals surface area (Å²) in [5.41, 5.74) is 2.31. The summed E-state index contributed by atoms with van der Waals surface area (Å²) in [6.07, 6.45) is 6.15. The highest BCUT2D eigenvalue weighted by atomic mass is 16.5. The number of nitrogens with zero attached hydrogens (tertiary/aromatic N) is 3. The maximum atomic E-state index is 12.3. The summed E-state index contributed by atoms with van der Waals surface area (Å²) in [7, 11) is 1.85. The molecule has 0 bridgehead atoms. The van der Waals surface area contributed by atoms with Crippen molar-refractivity contribution in [1.82, 2.24) is 15.0 Å². The number of amides is 1. The van der Waals surface area contributed by atoms with Gasteiger partial charge in [0.1, 0.15) is 5.75 Å². The van der Waals surface area contributed by atoms with Crippen molar-refractivity contribution in [2.24, 2.45) is 5.92 Å². The Labute approximate surface area is 160 Å². The Morgan fingerprint density at radius 1 is 1.22 bits per heavy atom. The average Bonchev–Trinajstić information content (AvgIpc) is 3.28. The molecular weight excluding hydrogens is 342 g/mol. The number of benzene rings is 1. The molecule has 3 rings (SSSR count). The van der Waals surface area contributed by atoms with Gasteiger partial charge < -0.3 is 14.2 Å². The van der Waals surface area contributed by atoms with Crippen molar-refractivity contribution >= 4 is 5.91 Å². The first kappa shape index (κ1) is 19.4. The van der Waals surface area contributed by atoms with E-state index >= 15 is 0 Å². The van der Waals surface area contributed by atoms with E-state index in [2.05, 4.69) is 16.2 Å². The number of carbonyl (C=O) groups is 1. The first-order valence-corrected chi connectivity index (χ1v) is 9.76. The van der Waals surface area contributed by atoms with Gasteiger partial charge in [-0.25, -0.2) is 0 Å². The number of aryl methyl sites for hydroxylation is 2.